The van der Waals surface area contributed by atoms with Crippen LogP contribution < -0.4 is 0 Å². The van der Waals surface area contributed by atoms with Crippen LogP contribution in [0.4, 0.5) is 0 Å². The second-order valence-electron chi connectivity index (χ2n) is 15.5. The summed E-state index contributed by atoms with van der Waals surface area (Å²) in [7, 11) is 0. The van der Waals surface area contributed by atoms with Gasteiger partial charge in [0, 0.05) is 36.9 Å². The van der Waals surface area contributed by atoms with Crippen LogP contribution in [-0.4, -0.2) is 15.0 Å². The fraction of sp³-hybridized carbons (Fsp3) is 0. The number of thiophene rings is 1. The minimum absolute atomic E-state index is 0.645. The lowest BCUT2D eigenvalue weighted by molar-refractivity contribution is 1.08. The van der Waals surface area contributed by atoms with E-state index < -0.39 is 0 Å². The molecule has 2 heterocycles. The van der Waals surface area contributed by atoms with Crippen LogP contribution in [0.15, 0.2) is 188 Å². The molecule has 11 aromatic carbocycles. The van der Waals surface area contributed by atoms with Crippen molar-refractivity contribution in [3.05, 3.63) is 188 Å². The molecule has 0 amide bonds. The first-order valence-corrected chi connectivity index (χ1v) is 20.8. The molecule has 0 saturated carbocycles. The largest absolute Gasteiger partial charge is 0.208 e. The van der Waals surface area contributed by atoms with Crippen molar-refractivity contribution in [3.8, 4) is 45.3 Å². The quantitative estimate of drug-likeness (QED) is 0.168. The Hall–Kier alpha value is -7.53. The molecule has 0 radical (unpaired) electrons. The van der Waals surface area contributed by atoms with Crippen LogP contribution in [0.2, 0.25) is 0 Å². The number of fused-ring (bicyclic) bond motifs is 5. The summed E-state index contributed by atoms with van der Waals surface area (Å²) in [4.78, 5) is 15.8. The third kappa shape index (κ3) is 4.84. The van der Waals surface area contributed by atoms with Crippen LogP contribution in [0, 0.1) is 0 Å². The van der Waals surface area contributed by atoms with E-state index in [9.17, 15) is 0 Å². The Balaban J connectivity index is 1.11. The van der Waals surface area contributed by atoms with Gasteiger partial charge in [-0.3, -0.25) is 0 Å². The smallest absolute Gasteiger partial charge is 0.165 e. The van der Waals surface area contributed by atoms with Crippen molar-refractivity contribution in [2.24, 2.45) is 0 Å². The van der Waals surface area contributed by atoms with Crippen LogP contribution in [0.25, 0.3) is 130 Å². The van der Waals surface area contributed by atoms with E-state index in [4.69, 9.17) is 15.0 Å². The van der Waals surface area contributed by atoms with Crippen LogP contribution in [-0.2, 0) is 0 Å². The third-order valence-corrected chi connectivity index (χ3v) is 13.4. The van der Waals surface area contributed by atoms with E-state index in [2.05, 4.69) is 170 Å². The molecule has 0 fully saturated rings. The van der Waals surface area contributed by atoms with E-state index in [0.29, 0.717) is 17.5 Å². The summed E-state index contributed by atoms with van der Waals surface area (Å²) >= 11 is 1.79. The summed E-state index contributed by atoms with van der Waals surface area (Å²) in [5, 5.41) is 17.6. The van der Waals surface area contributed by atoms with E-state index in [1.807, 2.05) is 18.2 Å². The summed E-state index contributed by atoms with van der Waals surface area (Å²) in [5.74, 6) is 1.96. The van der Waals surface area contributed by atoms with E-state index in [0.717, 1.165) is 27.8 Å². The average molecular weight is 766 g/mol. The molecule has 272 valence electrons. The monoisotopic (exact) mass is 765 g/mol. The van der Waals surface area contributed by atoms with Gasteiger partial charge < -0.3 is 0 Å². The van der Waals surface area contributed by atoms with Crippen molar-refractivity contribution >= 4 is 96.1 Å². The van der Waals surface area contributed by atoms with Gasteiger partial charge in [-0.25, -0.2) is 15.0 Å². The van der Waals surface area contributed by atoms with Crippen LogP contribution in [0.1, 0.15) is 0 Å². The maximum absolute atomic E-state index is 5.36. The molecular weight excluding hydrogens is 735 g/mol. The first-order chi connectivity index (χ1) is 29.2. The van der Waals surface area contributed by atoms with Gasteiger partial charge in [0.1, 0.15) is 0 Å². The zero-order valence-electron chi connectivity index (χ0n) is 31.6. The fourth-order valence-electron chi connectivity index (χ4n) is 9.63. The molecule has 3 nitrogen and oxygen atoms in total. The number of aromatic nitrogens is 3. The van der Waals surface area contributed by atoms with Gasteiger partial charge in [-0.1, -0.05) is 164 Å². The molecule has 0 atom stereocenters. The van der Waals surface area contributed by atoms with Crippen molar-refractivity contribution in [2.45, 2.75) is 0 Å². The molecule has 0 aliphatic carbocycles. The van der Waals surface area contributed by atoms with Crippen LogP contribution >= 0.6 is 11.3 Å². The van der Waals surface area contributed by atoms with Gasteiger partial charge >= 0.3 is 0 Å². The number of hydrogen-bond acceptors (Lipinski definition) is 4. The minimum atomic E-state index is 0.645. The Kier molecular flexibility index (Phi) is 6.89. The Bertz CT molecular complexity index is 3840. The van der Waals surface area contributed by atoms with Gasteiger partial charge in [-0.05, 0) is 100 Å². The molecule has 0 saturated heterocycles. The predicted molar refractivity (Wildman–Crippen MR) is 251 cm³/mol. The topological polar surface area (TPSA) is 38.7 Å². The summed E-state index contributed by atoms with van der Waals surface area (Å²) in [5.41, 5.74) is 5.11. The molecule has 0 spiro atoms. The Morgan fingerprint density at radius 2 is 0.780 bits per heavy atom. The number of nitrogens with zero attached hydrogens (tertiary/aromatic N) is 3. The number of hydrogen-bond donors (Lipinski definition) is 0. The molecule has 2 aromatic heterocycles. The average Bonchev–Trinajstić information content (AvgIpc) is 3.69. The molecule has 0 aliphatic rings. The molecule has 0 unspecified atom stereocenters. The summed E-state index contributed by atoms with van der Waals surface area (Å²) < 4.78 is 2.43. The number of benzene rings is 10. The maximum atomic E-state index is 5.36. The van der Waals surface area contributed by atoms with Gasteiger partial charge in [0.2, 0.25) is 0 Å². The van der Waals surface area contributed by atoms with Crippen LogP contribution in [0.5, 0.6) is 0 Å². The minimum Gasteiger partial charge on any atom is -0.208 e. The van der Waals surface area contributed by atoms with E-state index in [1.165, 1.54) is 84.8 Å². The highest BCUT2D eigenvalue weighted by atomic mass is 32.1. The summed E-state index contributed by atoms with van der Waals surface area (Å²) in [6.45, 7) is 0. The van der Waals surface area contributed by atoms with Crippen molar-refractivity contribution < 1.29 is 0 Å². The summed E-state index contributed by atoms with van der Waals surface area (Å²) in [6, 6.07) is 68.1. The van der Waals surface area contributed by atoms with E-state index >= 15 is 0 Å². The molecule has 13 aromatic rings. The lowest BCUT2D eigenvalue weighted by Crippen LogP contribution is -2.01. The van der Waals surface area contributed by atoms with E-state index in [1.54, 1.807) is 11.3 Å². The summed E-state index contributed by atoms with van der Waals surface area (Å²) in [6.07, 6.45) is 0. The van der Waals surface area contributed by atoms with Gasteiger partial charge in [-0.2, -0.15) is 0 Å². The standard InChI is InChI=1S/C55H31N3S/c1-2-12-35(13-3-1)53-56-54(58-55(57-53)45-24-11-23-43-39-18-6-7-25-47(39)59-52(43)45)44-19-5-4-17-38(44)37-30-36-29-28-34-15-9-21-41-40-20-8-14-32-26-27-33-16-10-22-42(50(33)48(32)40)46(31-37)51(36)49(34)41/h1-31H. The van der Waals surface area contributed by atoms with Crippen molar-refractivity contribution in [1.82, 2.24) is 15.0 Å². The fourth-order valence-corrected chi connectivity index (χ4v) is 10.8. The molecule has 4 heteroatoms. The molecule has 59 heavy (non-hydrogen) atoms. The zero-order chi connectivity index (χ0) is 38.6. The second kappa shape index (κ2) is 12.5. The highest BCUT2D eigenvalue weighted by Crippen LogP contribution is 2.46. The molecule has 0 N–H and O–H groups in total. The van der Waals surface area contributed by atoms with Crippen molar-refractivity contribution in [1.29, 1.82) is 0 Å². The molecule has 0 aliphatic heterocycles. The Labute approximate surface area is 342 Å². The van der Waals surface area contributed by atoms with Crippen LogP contribution in [0.3, 0.4) is 0 Å². The lowest BCUT2D eigenvalue weighted by atomic mass is 9.86. The van der Waals surface area contributed by atoms with E-state index in [-0.39, 0.29) is 0 Å². The van der Waals surface area contributed by atoms with Crippen molar-refractivity contribution in [3.63, 3.8) is 0 Å². The molecular formula is C55H31N3S. The highest BCUT2D eigenvalue weighted by molar-refractivity contribution is 7.26. The van der Waals surface area contributed by atoms with Gasteiger partial charge in [0.05, 0.1) is 0 Å². The normalized spacial score (nSPS) is 12.1. The predicted octanol–water partition coefficient (Wildman–Crippen LogP) is 15.3. The van der Waals surface area contributed by atoms with Crippen molar-refractivity contribution in [2.75, 3.05) is 0 Å². The highest BCUT2D eigenvalue weighted by Gasteiger charge is 2.21. The first kappa shape index (κ1) is 32.5. The Morgan fingerprint density at radius 1 is 0.288 bits per heavy atom. The molecule has 0 bridgehead atoms. The maximum Gasteiger partial charge on any atom is 0.165 e. The third-order valence-electron chi connectivity index (χ3n) is 12.2. The molecule has 13 rings (SSSR count). The number of rotatable bonds is 4. The second-order valence-corrected chi connectivity index (χ2v) is 16.5. The SMILES string of the molecule is c1ccc(-c2nc(-c3ccccc3-c3cc4ccc5cccc6c7cccc8ccc9cccc(c(c3)c4c56)c9c87)nc(-c3cccc4c3sc3ccccc34)n2)cc1. The zero-order valence-corrected chi connectivity index (χ0v) is 32.5. The van der Waals surface area contributed by atoms with Gasteiger partial charge in [0.25, 0.3) is 0 Å². The van der Waals surface area contributed by atoms with Gasteiger partial charge in [-0.15, -0.1) is 11.3 Å². The lowest BCUT2D eigenvalue weighted by Gasteiger charge is -2.18. The first-order valence-electron chi connectivity index (χ1n) is 20.0. The van der Waals surface area contributed by atoms with Gasteiger partial charge in [0.15, 0.2) is 17.5 Å². The Morgan fingerprint density at radius 3 is 1.49 bits per heavy atom.